The molecule has 0 nitrogen and oxygen atoms in total. The standard InChI is InChI=1S/C13H22/c1-10(2)13(11(3)4)8-6-7-12(5)9-13/h6-8,10-11H,9H2,1-5H3. The maximum Gasteiger partial charge on any atom is -0.00321 e. The first kappa shape index (κ1) is 10.6. The zero-order valence-electron chi connectivity index (χ0n) is 9.59. The maximum absolute atomic E-state index is 2.41. The van der Waals surface area contributed by atoms with Crippen LogP contribution in [0.3, 0.4) is 0 Å². The van der Waals surface area contributed by atoms with Gasteiger partial charge in [-0.25, -0.2) is 0 Å². The summed E-state index contributed by atoms with van der Waals surface area (Å²) in [4.78, 5) is 0. The number of rotatable bonds is 2. The fourth-order valence-electron chi connectivity index (χ4n) is 2.45. The van der Waals surface area contributed by atoms with Crippen molar-refractivity contribution in [2.24, 2.45) is 17.3 Å². The van der Waals surface area contributed by atoms with E-state index in [1.165, 1.54) is 12.0 Å². The van der Waals surface area contributed by atoms with Gasteiger partial charge in [-0.05, 0) is 30.6 Å². The van der Waals surface area contributed by atoms with E-state index >= 15 is 0 Å². The molecule has 74 valence electrons. The van der Waals surface area contributed by atoms with Crippen molar-refractivity contribution >= 4 is 0 Å². The lowest BCUT2D eigenvalue weighted by atomic mass is 9.64. The van der Waals surface area contributed by atoms with Crippen LogP contribution in [0.25, 0.3) is 0 Å². The average molecular weight is 178 g/mol. The van der Waals surface area contributed by atoms with Gasteiger partial charge in [0.05, 0.1) is 0 Å². The molecule has 0 N–H and O–H groups in total. The summed E-state index contributed by atoms with van der Waals surface area (Å²) in [6, 6.07) is 0. The SMILES string of the molecule is CC1=CC=CC(C(C)C)(C(C)C)C1. The quantitative estimate of drug-likeness (QED) is 0.594. The first-order valence-electron chi connectivity index (χ1n) is 5.34. The summed E-state index contributed by atoms with van der Waals surface area (Å²) >= 11 is 0. The summed E-state index contributed by atoms with van der Waals surface area (Å²) < 4.78 is 0. The highest BCUT2D eigenvalue weighted by atomic mass is 14.4. The second-order valence-electron chi connectivity index (χ2n) is 4.97. The van der Waals surface area contributed by atoms with Crippen LogP contribution in [0.1, 0.15) is 41.0 Å². The smallest absolute Gasteiger partial charge is 0.00321 e. The minimum absolute atomic E-state index is 0.402. The van der Waals surface area contributed by atoms with Gasteiger partial charge in [0.25, 0.3) is 0 Å². The summed E-state index contributed by atoms with van der Waals surface area (Å²) in [6.07, 6.45) is 8.12. The van der Waals surface area contributed by atoms with Crippen LogP contribution in [-0.2, 0) is 0 Å². The second-order valence-corrected chi connectivity index (χ2v) is 4.97. The Labute approximate surface area is 82.7 Å². The van der Waals surface area contributed by atoms with E-state index in [1.54, 1.807) is 0 Å². The molecule has 0 heteroatoms. The number of allylic oxidation sites excluding steroid dienone is 4. The predicted molar refractivity (Wildman–Crippen MR) is 59.6 cm³/mol. The highest BCUT2D eigenvalue weighted by Crippen LogP contribution is 2.44. The van der Waals surface area contributed by atoms with E-state index in [-0.39, 0.29) is 0 Å². The lowest BCUT2D eigenvalue weighted by Gasteiger charge is -2.41. The van der Waals surface area contributed by atoms with Gasteiger partial charge in [0.1, 0.15) is 0 Å². The van der Waals surface area contributed by atoms with Crippen LogP contribution in [0.15, 0.2) is 23.8 Å². The van der Waals surface area contributed by atoms with Crippen molar-refractivity contribution in [2.45, 2.75) is 41.0 Å². The minimum atomic E-state index is 0.402. The molecular weight excluding hydrogens is 156 g/mol. The Kier molecular flexibility index (Phi) is 3.00. The van der Waals surface area contributed by atoms with Gasteiger partial charge in [0.15, 0.2) is 0 Å². The second kappa shape index (κ2) is 3.69. The van der Waals surface area contributed by atoms with Crippen LogP contribution in [0.5, 0.6) is 0 Å². The van der Waals surface area contributed by atoms with E-state index in [2.05, 4.69) is 52.8 Å². The Morgan fingerprint density at radius 3 is 2.00 bits per heavy atom. The number of hydrogen-bond acceptors (Lipinski definition) is 0. The van der Waals surface area contributed by atoms with E-state index in [9.17, 15) is 0 Å². The minimum Gasteiger partial charge on any atom is -0.0775 e. The van der Waals surface area contributed by atoms with Crippen LogP contribution in [0.2, 0.25) is 0 Å². The lowest BCUT2D eigenvalue weighted by molar-refractivity contribution is 0.176. The van der Waals surface area contributed by atoms with E-state index in [4.69, 9.17) is 0 Å². The molecule has 0 aliphatic heterocycles. The average Bonchev–Trinajstić information content (AvgIpc) is 2.03. The summed E-state index contributed by atoms with van der Waals surface area (Å²) in [5.74, 6) is 1.46. The Hall–Kier alpha value is -0.520. The van der Waals surface area contributed by atoms with E-state index in [0.717, 1.165) is 11.8 Å². The van der Waals surface area contributed by atoms with E-state index in [1.807, 2.05) is 0 Å². The molecule has 0 saturated heterocycles. The summed E-state index contributed by atoms with van der Waals surface area (Å²) in [5, 5.41) is 0. The Morgan fingerprint density at radius 1 is 1.15 bits per heavy atom. The fraction of sp³-hybridized carbons (Fsp3) is 0.692. The van der Waals surface area contributed by atoms with Crippen LogP contribution in [0, 0.1) is 17.3 Å². The molecule has 0 radical (unpaired) electrons. The number of hydrogen-bond donors (Lipinski definition) is 0. The van der Waals surface area contributed by atoms with Gasteiger partial charge in [-0.2, -0.15) is 0 Å². The molecule has 1 rings (SSSR count). The first-order valence-corrected chi connectivity index (χ1v) is 5.34. The van der Waals surface area contributed by atoms with Crippen molar-refractivity contribution in [3.05, 3.63) is 23.8 Å². The molecule has 13 heavy (non-hydrogen) atoms. The molecule has 0 bridgehead atoms. The molecule has 0 saturated carbocycles. The third kappa shape index (κ3) is 1.87. The molecule has 0 spiro atoms. The molecule has 0 aromatic carbocycles. The van der Waals surface area contributed by atoms with Crippen LogP contribution in [0.4, 0.5) is 0 Å². The topological polar surface area (TPSA) is 0 Å². The van der Waals surface area contributed by atoms with Crippen LogP contribution in [-0.4, -0.2) is 0 Å². The molecule has 0 amide bonds. The maximum atomic E-state index is 2.41. The van der Waals surface area contributed by atoms with Crippen molar-refractivity contribution < 1.29 is 0 Å². The van der Waals surface area contributed by atoms with E-state index < -0.39 is 0 Å². The Balaban J connectivity index is 2.95. The molecular formula is C13H22. The van der Waals surface area contributed by atoms with Crippen molar-refractivity contribution in [3.63, 3.8) is 0 Å². The van der Waals surface area contributed by atoms with Gasteiger partial charge < -0.3 is 0 Å². The largest absolute Gasteiger partial charge is 0.0775 e. The molecule has 0 unspecified atom stereocenters. The van der Waals surface area contributed by atoms with Gasteiger partial charge in [0, 0.05) is 0 Å². The molecule has 0 atom stereocenters. The van der Waals surface area contributed by atoms with Crippen molar-refractivity contribution in [2.75, 3.05) is 0 Å². The van der Waals surface area contributed by atoms with E-state index in [0.29, 0.717) is 5.41 Å². The lowest BCUT2D eigenvalue weighted by Crippen LogP contribution is -2.32. The summed E-state index contributed by atoms with van der Waals surface area (Å²) in [7, 11) is 0. The van der Waals surface area contributed by atoms with Crippen LogP contribution >= 0.6 is 0 Å². The predicted octanol–water partition coefficient (Wildman–Crippen LogP) is 4.19. The Morgan fingerprint density at radius 2 is 1.69 bits per heavy atom. The van der Waals surface area contributed by atoms with Gasteiger partial charge >= 0.3 is 0 Å². The summed E-state index contributed by atoms with van der Waals surface area (Å²) in [6.45, 7) is 11.6. The summed E-state index contributed by atoms with van der Waals surface area (Å²) in [5.41, 5.74) is 1.92. The third-order valence-corrected chi connectivity index (χ3v) is 3.52. The molecule has 0 aromatic heterocycles. The van der Waals surface area contributed by atoms with Gasteiger partial charge in [-0.15, -0.1) is 0 Å². The van der Waals surface area contributed by atoms with Crippen molar-refractivity contribution in [1.29, 1.82) is 0 Å². The fourth-order valence-corrected chi connectivity index (χ4v) is 2.45. The van der Waals surface area contributed by atoms with Crippen LogP contribution < -0.4 is 0 Å². The zero-order valence-corrected chi connectivity index (χ0v) is 9.59. The van der Waals surface area contributed by atoms with Gasteiger partial charge in [0.2, 0.25) is 0 Å². The Bertz CT molecular complexity index is 220. The monoisotopic (exact) mass is 178 g/mol. The highest BCUT2D eigenvalue weighted by molar-refractivity contribution is 5.23. The zero-order chi connectivity index (χ0) is 10.1. The third-order valence-electron chi connectivity index (χ3n) is 3.52. The first-order chi connectivity index (χ1) is 5.99. The molecule has 0 fully saturated rings. The van der Waals surface area contributed by atoms with Gasteiger partial charge in [-0.1, -0.05) is 51.5 Å². The molecule has 0 aromatic rings. The van der Waals surface area contributed by atoms with Crippen molar-refractivity contribution in [3.8, 4) is 0 Å². The molecule has 0 heterocycles. The molecule has 1 aliphatic carbocycles. The van der Waals surface area contributed by atoms with Crippen molar-refractivity contribution in [1.82, 2.24) is 0 Å². The molecule has 1 aliphatic rings. The highest BCUT2D eigenvalue weighted by Gasteiger charge is 2.35. The van der Waals surface area contributed by atoms with Gasteiger partial charge in [-0.3, -0.25) is 0 Å². The normalized spacial score (nSPS) is 21.0.